The molecule has 1 unspecified atom stereocenters. The normalized spacial score (nSPS) is 14.7. The lowest BCUT2D eigenvalue weighted by atomic mass is 9.96. The zero-order valence-corrected chi connectivity index (χ0v) is 18.5. The maximum atomic E-state index is 11.5. The summed E-state index contributed by atoms with van der Waals surface area (Å²) >= 11 is 0. The molecule has 0 spiro atoms. The molecule has 0 amide bonds. The Morgan fingerprint density at radius 2 is 1.86 bits per heavy atom. The van der Waals surface area contributed by atoms with Crippen LogP contribution in [0.25, 0.3) is 16.3 Å². The van der Waals surface area contributed by atoms with Crippen molar-refractivity contribution in [2.45, 2.75) is 47.5 Å². The number of Topliss-reactive ketones (excluding diaryl/α,β-unsaturated/α-hetero) is 1. The molecule has 0 N–H and O–H groups in total. The molecule has 3 rings (SSSR count). The van der Waals surface area contributed by atoms with Crippen LogP contribution in [0.4, 0.5) is 0 Å². The molecule has 0 saturated heterocycles. The minimum atomic E-state index is 0.0154. The first-order valence-corrected chi connectivity index (χ1v) is 10.5. The summed E-state index contributed by atoms with van der Waals surface area (Å²) in [5.41, 5.74) is 5.01. The molecular formula is C26H32O3. The molecule has 2 aromatic carbocycles. The van der Waals surface area contributed by atoms with Crippen molar-refractivity contribution in [1.29, 1.82) is 0 Å². The number of fused-ring (bicyclic) bond motifs is 1. The van der Waals surface area contributed by atoms with E-state index in [1.54, 1.807) is 14.0 Å². The third-order valence-corrected chi connectivity index (χ3v) is 5.98. The first-order valence-electron chi connectivity index (χ1n) is 10.5. The van der Waals surface area contributed by atoms with Crippen molar-refractivity contribution in [1.82, 2.24) is 0 Å². The fourth-order valence-electron chi connectivity index (χ4n) is 3.75. The number of carbonyl (C=O) groups excluding carboxylic acids is 1. The average Bonchev–Trinajstić information content (AvgIpc) is 3.19. The van der Waals surface area contributed by atoms with Crippen molar-refractivity contribution in [3.05, 3.63) is 53.1 Å². The van der Waals surface area contributed by atoms with Crippen molar-refractivity contribution in [3.63, 3.8) is 0 Å². The quantitative estimate of drug-likeness (QED) is 0.513. The predicted octanol–water partition coefficient (Wildman–Crippen LogP) is 6.52. The second kappa shape index (κ2) is 8.86. The summed E-state index contributed by atoms with van der Waals surface area (Å²) in [6, 6.07) is 8.46. The Balaban J connectivity index is 2.01. The fourth-order valence-corrected chi connectivity index (χ4v) is 3.75. The zero-order chi connectivity index (χ0) is 21.1. The Morgan fingerprint density at radius 1 is 1.10 bits per heavy atom. The van der Waals surface area contributed by atoms with E-state index in [1.807, 2.05) is 13.0 Å². The van der Waals surface area contributed by atoms with E-state index in [0.29, 0.717) is 12.5 Å². The third-order valence-electron chi connectivity index (χ3n) is 5.98. The first-order chi connectivity index (χ1) is 13.8. The van der Waals surface area contributed by atoms with Crippen LogP contribution >= 0.6 is 0 Å². The summed E-state index contributed by atoms with van der Waals surface area (Å²) in [4.78, 5) is 11.5. The summed E-state index contributed by atoms with van der Waals surface area (Å²) < 4.78 is 11.7. The van der Waals surface area contributed by atoms with E-state index in [9.17, 15) is 4.79 Å². The lowest BCUT2D eigenvalue weighted by Crippen LogP contribution is -2.11. The van der Waals surface area contributed by atoms with E-state index in [0.717, 1.165) is 40.7 Å². The molecule has 0 saturated carbocycles. The Morgan fingerprint density at radius 3 is 2.48 bits per heavy atom. The van der Waals surface area contributed by atoms with Crippen molar-refractivity contribution in [2.24, 2.45) is 11.8 Å². The fraction of sp³-hybridized carbons (Fsp3) is 0.423. The average molecular weight is 393 g/mol. The van der Waals surface area contributed by atoms with Crippen LogP contribution in [0.5, 0.6) is 11.5 Å². The summed E-state index contributed by atoms with van der Waals surface area (Å²) in [6.45, 7) is 10.7. The summed E-state index contributed by atoms with van der Waals surface area (Å²) in [5, 5.41) is 2.23. The van der Waals surface area contributed by atoms with Crippen LogP contribution in [0.3, 0.4) is 0 Å². The molecule has 0 aromatic heterocycles. The predicted molar refractivity (Wildman–Crippen MR) is 121 cm³/mol. The number of benzene rings is 2. The monoisotopic (exact) mass is 392 g/mol. The van der Waals surface area contributed by atoms with Crippen molar-refractivity contribution in [2.75, 3.05) is 13.7 Å². The number of ether oxygens (including phenoxy) is 2. The Labute approximate surface area is 174 Å². The van der Waals surface area contributed by atoms with Crippen LogP contribution in [0.2, 0.25) is 0 Å². The lowest BCUT2D eigenvalue weighted by Gasteiger charge is -2.16. The molecule has 0 heterocycles. The molecule has 1 aliphatic carbocycles. The van der Waals surface area contributed by atoms with Crippen LogP contribution < -0.4 is 9.47 Å². The van der Waals surface area contributed by atoms with Gasteiger partial charge < -0.3 is 9.47 Å². The standard InChI is InChI=1S/C26H32O3/c1-16(2)20-7-8-21(13-20)22-14-24-18(4)25(28-6)10-9-23(24)26(15-22)29-12-11-17(3)19(5)27/h7,9-10,13-17H,8,11-12H2,1-6H3. The lowest BCUT2D eigenvalue weighted by molar-refractivity contribution is -0.120. The van der Waals surface area contributed by atoms with Crippen LogP contribution in [-0.4, -0.2) is 19.5 Å². The van der Waals surface area contributed by atoms with Crippen LogP contribution in [0, 0.1) is 18.8 Å². The van der Waals surface area contributed by atoms with Gasteiger partial charge in [-0.15, -0.1) is 0 Å². The second-order valence-electron chi connectivity index (χ2n) is 8.34. The van der Waals surface area contributed by atoms with Gasteiger partial charge in [0, 0.05) is 11.3 Å². The molecule has 1 aliphatic rings. The Hall–Kier alpha value is -2.55. The highest BCUT2D eigenvalue weighted by molar-refractivity contribution is 5.95. The van der Waals surface area contributed by atoms with Gasteiger partial charge in [-0.05, 0) is 84.5 Å². The maximum absolute atomic E-state index is 11.5. The van der Waals surface area contributed by atoms with Crippen molar-refractivity contribution < 1.29 is 14.3 Å². The van der Waals surface area contributed by atoms with E-state index in [-0.39, 0.29) is 11.7 Å². The van der Waals surface area contributed by atoms with Crippen molar-refractivity contribution in [3.8, 4) is 11.5 Å². The van der Waals surface area contributed by atoms with E-state index in [4.69, 9.17) is 9.47 Å². The van der Waals surface area contributed by atoms with Gasteiger partial charge in [-0.1, -0.05) is 32.9 Å². The van der Waals surface area contributed by atoms with Gasteiger partial charge in [-0.3, -0.25) is 4.79 Å². The number of methoxy groups -OCH3 is 1. The summed E-state index contributed by atoms with van der Waals surface area (Å²) in [6.07, 6.45) is 6.29. The number of carbonyl (C=O) groups is 1. The first kappa shape index (κ1) is 21.2. The molecule has 154 valence electrons. The van der Waals surface area contributed by atoms with Crippen LogP contribution in [0.1, 0.15) is 51.7 Å². The minimum absolute atomic E-state index is 0.0154. The Kier molecular flexibility index (Phi) is 6.46. The summed E-state index contributed by atoms with van der Waals surface area (Å²) in [5.74, 6) is 2.50. The summed E-state index contributed by atoms with van der Waals surface area (Å²) in [7, 11) is 1.71. The molecule has 0 aliphatic heterocycles. The van der Waals surface area contributed by atoms with Gasteiger partial charge in [0.1, 0.15) is 17.3 Å². The van der Waals surface area contributed by atoms with Crippen molar-refractivity contribution >= 4 is 22.1 Å². The third kappa shape index (κ3) is 4.55. The van der Waals surface area contributed by atoms with Gasteiger partial charge in [0.25, 0.3) is 0 Å². The SMILES string of the molecule is COc1ccc2c(OCCC(C)C(C)=O)cc(C3=CC(C(C)C)=CC3)cc2c1C. The van der Waals surface area contributed by atoms with Crippen LogP contribution in [0.15, 0.2) is 42.0 Å². The number of ketones is 1. The topological polar surface area (TPSA) is 35.5 Å². The molecular weight excluding hydrogens is 360 g/mol. The largest absolute Gasteiger partial charge is 0.496 e. The van der Waals surface area contributed by atoms with Gasteiger partial charge in [0.2, 0.25) is 0 Å². The number of hydrogen-bond acceptors (Lipinski definition) is 3. The van der Waals surface area contributed by atoms with E-state index >= 15 is 0 Å². The van der Waals surface area contributed by atoms with Gasteiger partial charge in [-0.25, -0.2) is 0 Å². The Bertz CT molecular complexity index is 979. The number of aryl methyl sites for hydroxylation is 1. The second-order valence-corrected chi connectivity index (χ2v) is 8.34. The van der Waals surface area contributed by atoms with E-state index < -0.39 is 0 Å². The molecule has 0 bridgehead atoms. The minimum Gasteiger partial charge on any atom is -0.496 e. The zero-order valence-electron chi connectivity index (χ0n) is 18.5. The maximum Gasteiger partial charge on any atom is 0.132 e. The van der Waals surface area contributed by atoms with Gasteiger partial charge >= 0.3 is 0 Å². The molecule has 3 heteroatoms. The van der Waals surface area contributed by atoms with Crippen LogP contribution in [-0.2, 0) is 4.79 Å². The van der Waals surface area contributed by atoms with Gasteiger partial charge in [-0.2, -0.15) is 0 Å². The van der Waals surface area contributed by atoms with E-state index in [1.165, 1.54) is 16.7 Å². The highest BCUT2D eigenvalue weighted by atomic mass is 16.5. The number of allylic oxidation sites excluding steroid dienone is 4. The highest BCUT2D eigenvalue weighted by Gasteiger charge is 2.16. The van der Waals surface area contributed by atoms with E-state index in [2.05, 4.69) is 51.1 Å². The highest BCUT2D eigenvalue weighted by Crippen LogP contribution is 2.39. The molecule has 0 fully saturated rings. The molecule has 0 radical (unpaired) electrons. The number of hydrogen-bond donors (Lipinski definition) is 0. The molecule has 1 atom stereocenters. The van der Waals surface area contributed by atoms with Gasteiger partial charge in [0.15, 0.2) is 0 Å². The smallest absolute Gasteiger partial charge is 0.132 e. The molecule has 3 nitrogen and oxygen atoms in total. The number of rotatable bonds is 8. The van der Waals surface area contributed by atoms with Gasteiger partial charge in [0.05, 0.1) is 13.7 Å². The molecule has 29 heavy (non-hydrogen) atoms. The molecule has 2 aromatic rings.